The van der Waals surface area contributed by atoms with Gasteiger partial charge in [0.15, 0.2) is 0 Å². The van der Waals surface area contributed by atoms with Gasteiger partial charge >= 0.3 is 0 Å². The largest absolute Gasteiger partial charge is 0.397 e. The summed E-state index contributed by atoms with van der Waals surface area (Å²) in [6.07, 6.45) is 3.13. The van der Waals surface area contributed by atoms with Crippen LogP contribution in [0.3, 0.4) is 0 Å². The minimum Gasteiger partial charge on any atom is -0.397 e. The van der Waals surface area contributed by atoms with Gasteiger partial charge in [-0.1, -0.05) is 6.92 Å². The van der Waals surface area contributed by atoms with Crippen LogP contribution < -0.4 is 5.73 Å². The highest BCUT2D eigenvalue weighted by Crippen LogP contribution is 2.13. The highest BCUT2D eigenvalue weighted by molar-refractivity contribution is 5.98. The van der Waals surface area contributed by atoms with Crippen molar-refractivity contribution in [2.75, 3.05) is 38.5 Å². The monoisotopic (exact) mass is 234 g/mol. The molecule has 0 aromatic carbocycles. The van der Waals surface area contributed by atoms with Crippen LogP contribution in [0, 0.1) is 0 Å². The second kappa shape index (κ2) is 5.14. The Bertz CT molecular complexity index is 399. The predicted octanol–water partition coefficient (Wildman–Crippen LogP) is 0.442. The molecule has 1 aliphatic heterocycles. The lowest BCUT2D eigenvalue weighted by molar-refractivity contribution is 0.0644. The third-order valence-corrected chi connectivity index (χ3v) is 3.19. The van der Waals surface area contributed by atoms with Crippen molar-refractivity contribution in [3.05, 3.63) is 24.0 Å². The standard InChI is InChI=1S/C12H18N4O/c1-2-15-5-7-16(8-6-15)12(17)10-3-4-14-9-11(10)13/h3-4,9H,2,5-8,13H2,1H3. The molecule has 1 aliphatic rings. The van der Waals surface area contributed by atoms with E-state index in [1.165, 1.54) is 6.20 Å². The smallest absolute Gasteiger partial charge is 0.256 e. The van der Waals surface area contributed by atoms with Gasteiger partial charge < -0.3 is 15.5 Å². The molecule has 0 spiro atoms. The highest BCUT2D eigenvalue weighted by atomic mass is 16.2. The fraction of sp³-hybridized carbons (Fsp3) is 0.500. The summed E-state index contributed by atoms with van der Waals surface area (Å²) in [5.41, 5.74) is 6.78. The first-order valence-electron chi connectivity index (χ1n) is 5.93. The topological polar surface area (TPSA) is 62.5 Å². The number of nitrogens with two attached hydrogens (primary N) is 1. The molecule has 92 valence electrons. The molecule has 17 heavy (non-hydrogen) atoms. The molecule has 1 aromatic rings. The summed E-state index contributed by atoms with van der Waals surface area (Å²) in [5, 5.41) is 0. The molecule has 1 amide bonds. The van der Waals surface area contributed by atoms with Crippen LogP contribution in [0.15, 0.2) is 18.5 Å². The van der Waals surface area contributed by atoms with Crippen molar-refractivity contribution in [3.8, 4) is 0 Å². The van der Waals surface area contributed by atoms with E-state index in [4.69, 9.17) is 5.73 Å². The first kappa shape index (κ1) is 11.9. The number of anilines is 1. The zero-order chi connectivity index (χ0) is 12.3. The number of carbonyl (C=O) groups is 1. The van der Waals surface area contributed by atoms with Gasteiger partial charge in [0.05, 0.1) is 17.4 Å². The van der Waals surface area contributed by atoms with Crippen LogP contribution in [-0.4, -0.2) is 53.4 Å². The minimum absolute atomic E-state index is 0.0145. The van der Waals surface area contributed by atoms with Crippen LogP contribution in [0.5, 0.6) is 0 Å². The number of amides is 1. The summed E-state index contributed by atoms with van der Waals surface area (Å²) < 4.78 is 0. The summed E-state index contributed by atoms with van der Waals surface area (Å²) in [6.45, 7) is 6.60. The van der Waals surface area contributed by atoms with Crippen molar-refractivity contribution in [2.24, 2.45) is 0 Å². The Hall–Kier alpha value is -1.62. The number of rotatable bonds is 2. The normalized spacial score (nSPS) is 17.1. The molecule has 2 rings (SSSR count). The Morgan fingerprint density at radius 3 is 2.71 bits per heavy atom. The number of hydrogen-bond acceptors (Lipinski definition) is 4. The molecule has 5 nitrogen and oxygen atoms in total. The third-order valence-electron chi connectivity index (χ3n) is 3.19. The second-order valence-corrected chi connectivity index (χ2v) is 4.19. The number of pyridine rings is 1. The first-order valence-corrected chi connectivity index (χ1v) is 5.93. The van der Waals surface area contributed by atoms with Crippen LogP contribution in [0.2, 0.25) is 0 Å². The highest BCUT2D eigenvalue weighted by Gasteiger charge is 2.22. The molecule has 0 unspecified atom stereocenters. The van der Waals surface area contributed by atoms with Crippen molar-refractivity contribution < 1.29 is 4.79 Å². The maximum Gasteiger partial charge on any atom is 0.256 e. The molecule has 2 N–H and O–H groups in total. The van der Waals surface area contributed by atoms with E-state index in [1.807, 2.05) is 4.90 Å². The van der Waals surface area contributed by atoms with Gasteiger partial charge in [-0.15, -0.1) is 0 Å². The van der Waals surface area contributed by atoms with Gasteiger partial charge in [-0.2, -0.15) is 0 Å². The minimum atomic E-state index is 0.0145. The molecule has 2 heterocycles. The lowest BCUT2D eigenvalue weighted by Gasteiger charge is -2.34. The lowest BCUT2D eigenvalue weighted by Crippen LogP contribution is -2.48. The zero-order valence-corrected chi connectivity index (χ0v) is 10.1. The number of piperazine rings is 1. The summed E-state index contributed by atoms with van der Waals surface area (Å²) in [7, 11) is 0. The Morgan fingerprint density at radius 2 is 2.12 bits per heavy atom. The SMILES string of the molecule is CCN1CCN(C(=O)c2ccncc2N)CC1. The van der Waals surface area contributed by atoms with Crippen molar-refractivity contribution in [1.29, 1.82) is 0 Å². The van der Waals surface area contributed by atoms with Crippen LogP contribution in [0.25, 0.3) is 0 Å². The van der Waals surface area contributed by atoms with Crippen molar-refractivity contribution in [2.45, 2.75) is 6.92 Å². The van der Waals surface area contributed by atoms with Crippen LogP contribution in [0.1, 0.15) is 17.3 Å². The number of nitrogens with zero attached hydrogens (tertiary/aromatic N) is 3. The summed E-state index contributed by atoms with van der Waals surface area (Å²) in [6, 6.07) is 1.68. The number of likely N-dealkylation sites (N-methyl/N-ethyl adjacent to an activating group) is 1. The van der Waals surface area contributed by atoms with E-state index in [-0.39, 0.29) is 5.91 Å². The summed E-state index contributed by atoms with van der Waals surface area (Å²) >= 11 is 0. The van der Waals surface area contributed by atoms with Gasteiger partial charge in [0.1, 0.15) is 0 Å². The number of aromatic nitrogens is 1. The predicted molar refractivity (Wildman–Crippen MR) is 66.7 cm³/mol. The van der Waals surface area contributed by atoms with E-state index in [1.54, 1.807) is 12.3 Å². The molecule has 0 saturated carbocycles. The van der Waals surface area contributed by atoms with Crippen LogP contribution in [0.4, 0.5) is 5.69 Å². The number of carbonyl (C=O) groups excluding carboxylic acids is 1. The van der Waals surface area contributed by atoms with Gasteiger partial charge in [-0.05, 0) is 12.6 Å². The molecule has 0 aliphatic carbocycles. The Morgan fingerprint density at radius 1 is 1.41 bits per heavy atom. The van der Waals surface area contributed by atoms with E-state index < -0.39 is 0 Å². The summed E-state index contributed by atoms with van der Waals surface area (Å²) in [4.78, 5) is 20.3. The number of hydrogen-bond donors (Lipinski definition) is 1. The Labute approximate surface area is 101 Å². The van der Waals surface area contributed by atoms with Crippen LogP contribution >= 0.6 is 0 Å². The van der Waals surface area contributed by atoms with Gasteiger partial charge in [-0.25, -0.2) is 0 Å². The van der Waals surface area contributed by atoms with E-state index in [0.717, 1.165) is 32.7 Å². The maximum atomic E-state index is 12.2. The third kappa shape index (κ3) is 2.55. The number of nitrogen functional groups attached to an aromatic ring is 1. The first-order chi connectivity index (χ1) is 8.22. The molecule has 0 bridgehead atoms. The Balaban J connectivity index is 2.04. The van der Waals surface area contributed by atoms with Crippen LogP contribution in [-0.2, 0) is 0 Å². The molecular formula is C12H18N4O. The molecule has 1 fully saturated rings. The van der Waals surface area contributed by atoms with E-state index >= 15 is 0 Å². The maximum absolute atomic E-state index is 12.2. The van der Waals surface area contributed by atoms with E-state index in [9.17, 15) is 4.79 Å². The molecule has 5 heteroatoms. The average molecular weight is 234 g/mol. The second-order valence-electron chi connectivity index (χ2n) is 4.19. The fourth-order valence-corrected chi connectivity index (χ4v) is 2.04. The van der Waals surface area contributed by atoms with Crippen molar-refractivity contribution in [1.82, 2.24) is 14.8 Å². The molecular weight excluding hydrogens is 216 g/mol. The van der Waals surface area contributed by atoms with E-state index in [0.29, 0.717) is 11.3 Å². The van der Waals surface area contributed by atoms with Gasteiger partial charge in [-0.3, -0.25) is 9.78 Å². The molecule has 0 atom stereocenters. The zero-order valence-electron chi connectivity index (χ0n) is 10.1. The van der Waals surface area contributed by atoms with Crippen molar-refractivity contribution >= 4 is 11.6 Å². The Kier molecular flexibility index (Phi) is 3.58. The molecule has 0 radical (unpaired) electrons. The molecule has 1 aromatic heterocycles. The van der Waals surface area contributed by atoms with Gasteiger partial charge in [0, 0.05) is 32.4 Å². The lowest BCUT2D eigenvalue weighted by atomic mass is 10.2. The van der Waals surface area contributed by atoms with E-state index in [2.05, 4.69) is 16.8 Å². The van der Waals surface area contributed by atoms with Gasteiger partial charge in [0.2, 0.25) is 0 Å². The molecule has 1 saturated heterocycles. The van der Waals surface area contributed by atoms with Crippen molar-refractivity contribution in [3.63, 3.8) is 0 Å². The van der Waals surface area contributed by atoms with Gasteiger partial charge in [0.25, 0.3) is 5.91 Å². The summed E-state index contributed by atoms with van der Waals surface area (Å²) in [5.74, 6) is 0.0145. The fourth-order valence-electron chi connectivity index (χ4n) is 2.04. The average Bonchev–Trinajstić information content (AvgIpc) is 2.39. The quantitative estimate of drug-likeness (QED) is 0.806.